The highest BCUT2D eigenvalue weighted by atomic mass is 35.5. The summed E-state index contributed by atoms with van der Waals surface area (Å²) in [6, 6.07) is 21.9. The van der Waals surface area contributed by atoms with Crippen molar-refractivity contribution in [1.29, 1.82) is 0 Å². The van der Waals surface area contributed by atoms with Gasteiger partial charge in [0, 0.05) is 5.02 Å². The van der Waals surface area contributed by atoms with Crippen LogP contribution in [0.2, 0.25) is 5.02 Å². The van der Waals surface area contributed by atoms with E-state index < -0.39 is 0 Å². The summed E-state index contributed by atoms with van der Waals surface area (Å²) in [5, 5.41) is 4.69. The molecule has 1 N–H and O–H groups in total. The van der Waals surface area contributed by atoms with Gasteiger partial charge in [0.2, 0.25) is 0 Å². The molecule has 3 aromatic carbocycles. The van der Waals surface area contributed by atoms with Crippen molar-refractivity contribution in [3.63, 3.8) is 0 Å². The van der Waals surface area contributed by atoms with Crippen molar-refractivity contribution in [2.45, 2.75) is 6.61 Å². The monoisotopic (exact) mass is 394 g/mol. The second kappa shape index (κ2) is 9.58. The minimum atomic E-state index is -0.336. The summed E-state index contributed by atoms with van der Waals surface area (Å²) < 4.78 is 10.9. The van der Waals surface area contributed by atoms with Crippen molar-refractivity contribution in [3.05, 3.63) is 94.5 Å². The molecule has 0 heterocycles. The van der Waals surface area contributed by atoms with Gasteiger partial charge >= 0.3 is 0 Å². The van der Waals surface area contributed by atoms with Crippen molar-refractivity contribution >= 4 is 23.7 Å². The van der Waals surface area contributed by atoms with Gasteiger partial charge in [-0.05, 0) is 59.7 Å². The normalized spacial score (nSPS) is 10.6. The van der Waals surface area contributed by atoms with Gasteiger partial charge in [-0.1, -0.05) is 35.9 Å². The van der Waals surface area contributed by atoms with Crippen molar-refractivity contribution in [2.75, 3.05) is 7.11 Å². The zero-order chi connectivity index (χ0) is 19.8. The van der Waals surface area contributed by atoms with E-state index >= 15 is 0 Å². The molecule has 1 amide bonds. The van der Waals surface area contributed by atoms with Gasteiger partial charge in [0.05, 0.1) is 18.9 Å². The fraction of sp³-hybridized carbons (Fsp3) is 0.0909. The SMILES string of the molecule is COc1ccccc1C(=O)NN=Cc1ccc(OCc2ccc(Cl)cc2)cc1. The molecular formula is C22H19ClN2O3. The van der Waals surface area contributed by atoms with Gasteiger partial charge in [-0.2, -0.15) is 5.10 Å². The van der Waals surface area contributed by atoms with Gasteiger partial charge < -0.3 is 9.47 Å². The summed E-state index contributed by atoms with van der Waals surface area (Å²) >= 11 is 5.87. The van der Waals surface area contributed by atoms with Crippen LogP contribution in [0.15, 0.2) is 77.9 Å². The number of nitrogens with zero attached hydrogens (tertiary/aromatic N) is 1. The Morgan fingerprint density at radius 3 is 2.46 bits per heavy atom. The molecule has 0 radical (unpaired) electrons. The molecule has 0 aliphatic heterocycles. The fourth-order valence-electron chi connectivity index (χ4n) is 2.46. The lowest BCUT2D eigenvalue weighted by molar-refractivity contribution is 0.0952. The number of amides is 1. The van der Waals surface area contributed by atoms with Crippen LogP contribution >= 0.6 is 11.6 Å². The number of halogens is 1. The average molecular weight is 395 g/mol. The molecule has 0 spiro atoms. The molecule has 0 atom stereocenters. The number of carbonyl (C=O) groups is 1. The lowest BCUT2D eigenvalue weighted by Crippen LogP contribution is -2.18. The minimum Gasteiger partial charge on any atom is -0.496 e. The predicted octanol–water partition coefficient (Wildman–Crippen LogP) is 4.69. The first-order valence-electron chi connectivity index (χ1n) is 8.59. The maximum absolute atomic E-state index is 12.2. The zero-order valence-electron chi connectivity index (χ0n) is 15.3. The van der Waals surface area contributed by atoms with Gasteiger partial charge in [-0.3, -0.25) is 4.79 Å². The summed E-state index contributed by atoms with van der Waals surface area (Å²) in [4.78, 5) is 12.2. The Balaban J connectivity index is 1.53. The summed E-state index contributed by atoms with van der Waals surface area (Å²) in [6.45, 7) is 0.458. The van der Waals surface area contributed by atoms with Crippen LogP contribution in [-0.4, -0.2) is 19.2 Å². The first-order chi connectivity index (χ1) is 13.7. The molecule has 0 aromatic heterocycles. The van der Waals surface area contributed by atoms with Crippen LogP contribution in [-0.2, 0) is 6.61 Å². The number of methoxy groups -OCH3 is 1. The van der Waals surface area contributed by atoms with Crippen molar-refractivity contribution in [1.82, 2.24) is 5.43 Å². The molecule has 6 heteroatoms. The molecule has 0 saturated heterocycles. The van der Waals surface area contributed by atoms with Gasteiger partial charge in [0.15, 0.2) is 0 Å². The van der Waals surface area contributed by atoms with Crippen molar-refractivity contribution in [3.8, 4) is 11.5 Å². The highest BCUT2D eigenvalue weighted by molar-refractivity contribution is 6.30. The third-order valence-corrected chi connectivity index (χ3v) is 4.18. The summed E-state index contributed by atoms with van der Waals surface area (Å²) in [7, 11) is 1.52. The molecule has 28 heavy (non-hydrogen) atoms. The maximum atomic E-state index is 12.2. The van der Waals surface area contributed by atoms with E-state index in [2.05, 4.69) is 10.5 Å². The van der Waals surface area contributed by atoms with Crippen LogP contribution in [0, 0.1) is 0 Å². The van der Waals surface area contributed by atoms with E-state index in [0.717, 1.165) is 16.9 Å². The van der Waals surface area contributed by atoms with Crippen LogP contribution in [0.1, 0.15) is 21.5 Å². The highest BCUT2D eigenvalue weighted by Gasteiger charge is 2.09. The van der Waals surface area contributed by atoms with E-state index in [1.165, 1.54) is 7.11 Å². The molecule has 0 saturated carbocycles. The number of carbonyl (C=O) groups excluding carboxylic acids is 1. The van der Waals surface area contributed by atoms with Gasteiger partial charge in [0.25, 0.3) is 5.91 Å². The van der Waals surface area contributed by atoms with Gasteiger partial charge in [-0.15, -0.1) is 0 Å². The topological polar surface area (TPSA) is 59.9 Å². The third-order valence-electron chi connectivity index (χ3n) is 3.93. The molecular weight excluding hydrogens is 376 g/mol. The third kappa shape index (κ3) is 5.34. The number of hydrogen-bond acceptors (Lipinski definition) is 4. The first kappa shape index (κ1) is 19.5. The summed E-state index contributed by atoms with van der Waals surface area (Å²) in [5.74, 6) is 0.902. The average Bonchev–Trinajstić information content (AvgIpc) is 2.74. The number of hydrazone groups is 1. The number of ether oxygens (including phenoxy) is 2. The Bertz CT molecular complexity index is 954. The maximum Gasteiger partial charge on any atom is 0.275 e. The smallest absolute Gasteiger partial charge is 0.275 e. The molecule has 142 valence electrons. The van der Waals surface area contributed by atoms with E-state index in [9.17, 15) is 4.79 Å². The van der Waals surface area contributed by atoms with Crippen molar-refractivity contribution in [2.24, 2.45) is 5.10 Å². The summed E-state index contributed by atoms with van der Waals surface area (Å²) in [6.07, 6.45) is 1.57. The quantitative estimate of drug-likeness (QED) is 0.467. The lowest BCUT2D eigenvalue weighted by Gasteiger charge is -2.07. The second-order valence-electron chi connectivity index (χ2n) is 5.88. The number of benzene rings is 3. The van der Waals surface area contributed by atoms with Crippen LogP contribution < -0.4 is 14.9 Å². The van der Waals surface area contributed by atoms with E-state index in [1.807, 2.05) is 48.5 Å². The molecule has 0 unspecified atom stereocenters. The largest absolute Gasteiger partial charge is 0.496 e. The van der Waals surface area contributed by atoms with Crippen LogP contribution in [0.25, 0.3) is 0 Å². The number of hydrogen-bond donors (Lipinski definition) is 1. The Kier molecular flexibility index (Phi) is 6.65. The Hall–Kier alpha value is -3.31. The first-order valence-corrected chi connectivity index (χ1v) is 8.97. The van der Waals surface area contributed by atoms with E-state index in [4.69, 9.17) is 21.1 Å². The molecule has 5 nitrogen and oxygen atoms in total. The minimum absolute atomic E-state index is 0.336. The Morgan fingerprint density at radius 2 is 1.75 bits per heavy atom. The second-order valence-corrected chi connectivity index (χ2v) is 6.32. The van der Waals surface area contributed by atoms with Crippen LogP contribution in [0.5, 0.6) is 11.5 Å². The van der Waals surface area contributed by atoms with Gasteiger partial charge in [-0.25, -0.2) is 5.43 Å². The Morgan fingerprint density at radius 1 is 1.04 bits per heavy atom. The predicted molar refractivity (Wildman–Crippen MR) is 110 cm³/mol. The van der Waals surface area contributed by atoms with E-state index in [1.54, 1.807) is 30.5 Å². The molecule has 3 rings (SSSR count). The molecule has 0 fully saturated rings. The number of nitrogens with one attached hydrogen (secondary N) is 1. The van der Waals surface area contributed by atoms with Gasteiger partial charge in [0.1, 0.15) is 18.1 Å². The number of rotatable bonds is 7. The molecule has 0 aliphatic rings. The summed E-state index contributed by atoms with van der Waals surface area (Å²) in [5.41, 5.74) is 4.79. The Labute approximate surface area is 168 Å². The zero-order valence-corrected chi connectivity index (χ0v) is 16.0. The lowest BCUT2D eigenvalue weighted by atomic mass is 10.2. The van der Waals surface area contributed by atoms with Crippen LogP contribution in [0.4, 0.5) is 0 Å². The standard InChI is InChI=1S/C22H19ClN2O3/c1-27-21-5-3-2-4-20(21)22(26)25-24-14-16-8-12-19(13-9-16)28-15-17-6-10-18(23)11-7-17/h2-14H,15H2,1H3,(H,25,26). The highest BCUT2D eigenvalue weighted by Crippen LogP contribution is 2.17. The number of para-hydroxylation sites is 1. The van der Waals surface area contributed by atoms with E-state index in [-0.39, 0.29) is 5.91 Å². The molecule has 0 bridgehead atoms. The van der Waals surface area contributed by atoms with Crippen molar-refractivity contribution < 1.29 is 14.3 Å². The van der Waals surface area contributed by atoms with E-state index in [0.29, 0.717) is 22.9 Å². The fourth-order valence-corrected chi connectivity index (χ4v) is 2.58. The molecule has 0 aliphatic carbocycles. The molecule has 3 aromatic rings. The van der Waals surface area contributed by atoms with Crippen LogP contribution in [0.3, 0.4) is 0 Å².